The molecule has 0 spiro atoms. The Labute approximate surface area is 224 Å². The third-order valence-corrected chi connectivity index (χ3v) is 7.68. The molecule has 2 fully saturated rings. The van der Waals surface area contributed by atoms with Gasteiger partial charge in [-0.2, -0.15) is 0 Å². The van der Waals surface area contributed by atoms with E-state index in [2.05, 4.69) is 46.1 Å². The van der Waals surface area contributed by atoms with Gasteiger partial charge in [-0.25, -0.2) is 0 Å². The van der Waals surface area contributed by atoms with Crippen LogP contribution in [-0.2, 0) is 4.74 Å². The van der Waals surface area contributed by atoms with Crippen LogP contribution in [0.5, 0.6) is 5.88 Å². The molecular formula is C30H39N5O3. The highest BCUT2D eigenvalue weighted by Crippen LogP contribution is 2.32. The summed E-state index contributed by atoms with van der Waals surface area (Å²) in [6.45, 7) is 11.9. The van der Waals surface area contributed by atoms with Crippen LogP contribution in [0.25, 0.3) is 10.9 Å². The summed E-state index contributed by atoms with van der Waals surface area (Å²) < 4.78 is 5.62. The van der Waals surface area contributed by atoms with Gasteiger partial charge in [0.2, 0.25) is 0 Å². The Morgan fingerprint density at radius 2 is 2.00 bits per heavy atom. The smallest absolute Gasteiger partial charge is 0.251 e. The summed E-state index contributed by atoms with van der Waals surface area (Å²) in [6, 6.07) is 14.3. The third kappa shape index (κ3) is 5.71. The SMILES string of the molecule is CCC(=Nc1cccc(N2CCN(C(C)C)CC2)c1)c1c(O)[nH]c2ccc(C(=O)NC[C@H]3CCCO3)cc12. The first-order chi connectivity index (χ1) is 18.4. The van der Waals surface area contributed by atoms with E-state index in [1.54, 1.807) is 6.07 Å². The number of aliphatic imine (C=N–C) groups is 1. The molecule has 1 atom stereocenters. The molecule has 0 bridgehead atoms. The molecule has 5 rings (SSSR count). The Balaban J connectivity index is 1.38. The Hall–Kier alpha value is -3.36. The lowest BCUT2D eigenvalue weighted by Crippen LogP contribution is -2.48. The normalized spacial score (nSPS) is 19.0. The number of aromatic hydroxyl groups is 1. The van der Waals surface area contributed by atoms with Gasteiger partial charge in [-0.1, -0.05) is 13.0 Å². The van der Waals surface area contributed by atoms with Gasteiger partial charge in [-0.15, -0.1) is 0 Å². The van der Waals surface area contributed by atoms with Crippen molar-refractivity contribution in [3.05, 3.63) is 53.6 Å². The summed E-state index contributed by atoms with van der Waals surface area (Å²) in [5.41, 5.74) is 4.75. The van der Waals surface area contributed by atoms with E-state index in [0.29, 0.717) is 30.1 Å². The number of amides is 1. The van der Waals surface area contributed by atoms with Gasteiger partial charge in [0.1, 0.15) is 0 Å². The minimum atomic E-state index is -0.144. The Morgan fingerprint density at radius 1 is 1.18 bits per heavy atom. The zero-order valence-corrected chi connectivity index (χ0v) is 22.7. The summed E-state index contributed by atoms with van der Waals surface area (Å²) in [5, 5.41) is 14.6. The molecular weight excluding hydrogens is 478 g/mol. The average Bonchev–Trinajstić information content (AvgIpc) is 3.57. The molecule has 8 nitrogen and oxygen atoms in total. The second-order valence-corrected chi connectivity index (χ2v) is 10.5. The number of benzene rings is 2. The number of aromatic nitrogens is 1. The van der Waals surface area contributed by atoms with Crippen LogP contribution in [-0.4, -0.2) is 78.1 Å². The van der Waals surface area contributed by atoms with E-state index >= 15 is 0 Å². The van der Waals surface area contributed by atoms with Gasteiger partial charge >= 0.3 is 0 Å². The van der Waals surface area contributed by atoms with Crippen LogP contribution in [0.1, 0.15) is 56.0 Å². The lowest BCUT2D eigenvalue weighted by Gasteiger charge is -2.38. The molecule has 1 aromatic heterocycles. The number of aromatic amines is 1. The monoisotopic (exact) mass is 517 g/mol. The molecule has 38 heavy (non-hydrogen) atoms. The molecule has 2 aliphatic heterocycles. The van der Waals surface area contributed by atoms with E-state index in [4.69, 9.17) is 9.73 Å². The molecule has 2 saturated heterocycles. The van der Waals surface area contributed by atoms with Crippen molar-refractivity contribution in [2.45, 2.75) is 52.2 Å². The molecule has 0 aliphatic carbocycles. The number of hydrogen-bond donors (Lipinski definition) is 3. The highest BCUT2D eigenvalue weighted by atomic mass is 16.5. The fourth-order valence-electron chi connectivity index (χ4n) is 5.45. The van der Waals surface area contributed by atoms with Gasteiger partial charge in [0.05, 0.1) is 23.1 Å². The molecule has 3 N–H and O–H groups in total. The molecule has 202 valence electrons. The second kappa shape index (κ2) is 11.6. The molecule has 0 radical (unpaired) electrons. The number of hydrogen-bond acceptors (Lipinski definition) is 6. The number of anilines is 1. The van der Waals surface area contributed by atoms with Gasteiger partial charge in [0, 0.05) is 67.5 Å². The van der Waals surface area contributed by atoms with Crippen molar-refractivity contribution in [3.63, 3.8) is 0 Å². The van der Waals surface area contributed by atoms with E-state index in [-0.39, 0.29) is 17.9 Å². The second-order valence-electron chi connectivity index (χ2n) is 10.5. The van der Waals surface area contributed by atoms with Gasteiger partial charge in [0.15, 0.2) is 5.88 Å². The van der Waals surface area contributed by atoms with E-state index in [9.17, 15) is 9.90 Å². The van der Waals surface area contributed by atoms with Crippen LogP contribution >= 0.6 is 0 Å². The number of nitrogens with zero attached hydrogens (tertiary/aromatic N) is 3. The number of piperazine rings is 1. The van der Waals surface area contributed by atoms with E-state index in [1.807, 2.05) is 31.2 Å². The van der Waals surface area contributed by atoms with Gasteiger partial charge in [-0.05, 0) is 69.5 Å². The number of ether oxygens (including phenoxy) is 1. The number of rotatable bonds is 8. The van der Waals surface area contributed by atoms with Crippen molar-refractivity contribution < 1.29 is 14.6 Å². The third-order valence-electron chi connectivity index (χ3n) is 7.68. The fraction of sp³-hybridized carbons (Fsp3) is 0.467. The summed E-state index contributed by atoms with van der Waals surface area (Å²) in [5.74, 6) is -0.0761. The quantitative estimate of drug-likeness (QED) is 0.372. The van der Waals surface area contributed by atoms with Gasteiger partial charge in [-0.3, -0.25) is 14.7 Å². The predicted octanol–water partition coefficient (Wildman–Crippen LogP) is 4.84. The summed E-state index contributed by atoms with van der Waals surface area (Å²) in [6.07, 6.45) is 2.73. The number of carbonyl (C=O) groups excluding carboxylic acids is 1. The molecule has 1 amide bonds. The van der Waals surface area contributed by atoms with Crippen LogP contribution < -0.4 is 10.2 Å². The van der Waals surface area contributed by atoms with Gasteiger partial charge in [0.25, 0.3) is 5.91 Å². The van der Waals surface area contributed by atoms with Crippen LogP contribution in [0.3, 0.4) is 0 Å². The van der Waals surface area contributed by atoms with E-state index in [1.165, 1.54) is 5.69 Å². The van der Waals surface area contributed by atoms with Crippen LogP contribution in [0, 0.1) is 0 Å². The van der Waals surface area contributed by atoms with Gasteiger partial charge < -0.3 is 25.0 Å². The maximum absolute atomic E-state index is 12.9. The minimum Gasteiger partial charge on any atom is -0.494 e. The number of carbonyl (C=O) groups is 1. The summed E-state index contributed by atoms with van der Waals surface area (Å²) in [7, 11) is 0. The first kappa shape index (κ1) is 26.3. The minimum absolute atomic E-state index is 0.0680. The lowest BCUT2D eigenvalue weighted by molar-refractivity contribution is 0.0858. The highest BCUT2D eigenvalue weighted by Gasteiger charge is 2.21. The Kier molecular flexibility index (Phi) is 8.00. The summed E-state index contributed by atoms with van der Waals surface area (Å²) >= 11 is 0. The summed E-state index contributed by atoms with van der Waals surface area (Å²) in [4.78, 5) is 25.8. The van der Waals surface area contributed by atoms with Crippen LogP contribution in [0.2, 0.25) is 0 Å². The van der Waals surface area contributed by atoms with E-state index < -0.39 is 0 Å². The number of nitrogens with one attached hydrogen (secondary N) is 2. The van der Waals surface area contributed by atoms with E-state index in [0.717, 1.165) is 67.9 Å². The number of H-pyrrole nitrogens is 1. The number of fused-ring (bicyclic) bond motifs is 1. The average molecular weight is 518 g/mol. The molecule has 0 unspecified atom stereocenters. The molecule has 0 saturated carbocycles. The van der Waals surface area contributed by atoms with Crippen molar-refractivity contribution >= 4 is 33.9 Å². The topological polar surface area (TPSA) is 93.2 Å². The fourth-order valence-corrected chi connectivity index (χ4v) is 5.45. The maximum Gasteiger partial charge on any atom is 0.251 e. The molecule has 3 aromatic rings. The van der Waals surface area contributed by atoms with Crippen molar-refractivity contribution in [3.8, 4) is 5.88 Å². The molecule has 3 heterocycles. The van der Waals surface area contributed by atoms with Crippen molar-refractivity contribution in [2.75, 3.05) is 44.2 Å². The molecule has 2 aliphatic rings. The van der Waals surface area contributed by atoms with Crippen molar-refractivity contribution in [2.24, 2.45) is 4.99 Å². The predicted molar refractivity (Wildman–Crippen MR) is 153 cm³/mol. The first-order valence-electron chi connectivity index (χ1n) is 13.8. The molecule has 8 heteroatoms. The molecule has 2 aromatic carbocycles. The zero-order chi connectivity index (χ0) is 26.6. The van der Waals surface area contributed by atoms with Crippen molar-refractivity contribution in [1.29, 1.82) is 0 Å². The standard InChI is InChI=1S/C30H39N5O3/c1-4-26(32-22-7-5-8-23(18-22)35-14-12-34(13-15-35)20(2)3)28-25-17-21(10-11-27(25)33-30(28)37)29(36)31-19-24-9-6-16-38-24/h5,7-8,10-11,17-18,20,24,33,37H,4,6,9,12-16,19H2,1-3H3,(H,31,36)/t24-/m1/s1. The maximum atomic E-state index is 12.9. The first-order valence-corrected chi connectivity index (χ1v) is 13.8. The largest absolute Gasteiger partial charge is 0.494 e. The Bertz CT molecular complexity index is 1300. The van der Waals surface area contributed by atoms with Crippen molar-refractivity contribution in [1.82, 2.24) is 15.2 Å². The van der Waals surface area contributed by atoms with Crippen LogP contribution in [0.15, 0.2) is 47.5 Å². The lowest BCUT2D eigenvalue weighted by atomic mass is 10.0. The zero-order valence-electron chi connectivity index (χ0n) is 22.7. The van der Waals surface area contributed by atoms with Crippen LogP contribution in [0.4, 0.5) is 11.4 Å². The Morgan fingerprint density at radius 3 is 2.71 bits per heavy atom. The highest BCUT2D eigenvalue weighted by molar-refractivity contribution is 6.14.